The summed E-state index contributed by atoms with van der Waals surface area (Å²) in [5.74, 6) is -0.895. The number of phosphoric ester groups is 1. The van der Waals surface area contributed by atoms with Crippen molar-refractivity contribution >= 4 is 19.8 Å². The molecule has 0 amide bonds. The Kier molecular flexibility index (Phi) is 34.7. The number of hydrogen-bond acceptors (Lipinski definition) is 8. The quantitative estimate of drug-likeness (QED) is 0.0281. The molecule has 0 bridgehead atoms. The van der Waals surface area contributed by atoms with Crippen LogP contribution in [0.15, 0.2) is 36.5 Å². The van der Waals surface area contributed by atoms with E-state index in [1.54, 1.807) is 0 Å². The van der Waals surface area contributed by atoms with Crippen molar-refractivity contribution in [1.82, 2.24) is 0 Å². The Labute approximate surface area is 299 Å². The molecule has 3 N–H and O–H groups in total. The lowest BCUT2D eigenvalue weighted by Gasteiger charge is -2.19. The van der Waals surface area contributed by atoms with Gasteiger partial charge in [0.2, 0.25) is 0 Å². The summed E-state index contributed by atoms with van der Waals surface area (Å²) in [7, 11) is -4.38. The zero-order chi connectivity index (χ0) is 36.1. The number of nitrogens with two attached hydrogens (primary N) is 1. The fraction of sp³-hybridized carbons (Fsp3) is 0.795. The van der Waals surface area contributed by atoms with Crippen LogP contribution < -0.4 is 5.73 Å². The van der Waals surface area contributed by atoms with Crippen LogP contribution in [0, 0.1) is 0 Å². The van der Waals surface area contributed by atoms with Crippen LogP contribution in [0.2, 0.25) is 0 Å². The summed E-state index contributed by atoms with van der Waals surface area (Å²) >= 11 is 0. The van der Waals surface area contributed by atoms with E-state index >= 15 is 0 Å². The van der Waals surface area contributed by atoms with Gasteiger partial charge < -0.3 is 20.1 Å². The van der Waals surface area contributed by atoms with Crippen LogP contribution in [0.3, 0.4) is 0 Å². The van der Waals surface area contributed by atoms with E-state index in [9.17, 15) is 19.0 Å². The van der Waals surface area contributed by atoms with Crippen LogP contribution in [0.5, 0.6) is 0 Å². The van der Waals surface area contributed by atoms with E-state index in [0.717, 1.165) is 57.8 Å². The molecule has 0 aromatic rings. The van der Waals surface area contributed by atoms with Gasteiger partial charge in [-0.3, -0.25) is 18.6 Å². The van der Waals surface area contributed by atoms with Crippen LogP contribution >= 0.6 is 7.82 Å². The molecule has 0 aliphatic carbocycles. The van der Waals surface area contributed by atoms with Crippen LogP contribution in [0.4, 0.5) is 0 Å². The first-order valence-corrected chi connectivity index (χ1v) is 21.0. The van der Waals surface area contributed by atoms with Gasteiger partial charge in [0.25, 0.3) is 0 Å². The molecule has 0 fully saturated rings. The van der Waals surface area contributed by atoms with Crippen molar-refractivity contribution < 1.29 is 37.6 Å². The third kappa shape index (κ3) is 35.8. The van der Waals surface area contributed by atoms with Gasteiger partial charge in [0.05, 0.1) is 13.2 Å². The molecule has 0 aliphatic heterocycles. The second kappa shape index (κ2) is 36.0. The highest BCUT2D eigenvalue weighted by molar-refractivity contribution is 7.47. The van der Waals surface area contributed by atoms with Crippen molar-refractivity contribution in [3.8, 4) is 0 Å². The lowest BCUT2D eigenvalue weighted by molar-refractivity contribution is -0.161. The number of carbonyl (C=O) groups is 2. The third-order valence-corrected chi connectivity index (χ3v) is 8.98. The standard InChI is InChI=1S/C39H72NO8P/c1-3-5-7-9-11-13-15-16-17-18-19-20-22-23-25-27-29-31-38(41)45-35-37(36-47-49(43,44)46-34-33-40)48-39(42)32-30-28-26-24-21-14-12-10-8-6-4-2/h10,12,19-20,23,25,37H,3-9,11,13-18,21-22,24,26-36,40H2,1-2H3,(H,43,44)/b12-10+,20-19+,25-23+/t37-/m0/s1. The zero-order valence-electron chi connectivity index (χ0n) is 31.2. The van der Waals surface area contributed by atoms with Gasteiger partial charge in [-0.05, 0) is 57.8 Å². The number of rotatable bonds is 36. The second-order valence-corrected chi connectivity index (χ2v) is 14.2. The van der Waals surface area contributed by atoms with E-state index in [2.05, 4.69) is 50.3 Å². The number of carbonyl (C=O) groups excluding carboxylic acids is 2. The van der Waals surface area contributed by atoms with E-state index in [1.807, 2.05) is 0 Å². The predicted molar refractivity (Wildman–Crippen MR) is 201 cm³/mol. The topological polar surface area (TPSA) is 134 Å². The molecule has 10 heteroatoms. The summed E-state index contributed by atoms with van der Waals surface area (Å²) in [4.78, 5) is 34.6. The van der Waals surface area contributed by atoms with Gasteiger partial charge in [-0.2, -0.15) is 0 Å². The number of allylic oxidation sites excluding steroid dienone is 6. The molecule has 0 aromatic heterocycles. The molecule has 1 unspecified atom stereocenters. The number of phosphoric acid groups is 1. The summed E-state index contributed by atoms with van der Waals surface area (Å²) in [6.45, 7) is 3.62. The van der Waals surface area contributed by atoms with Crippen molar-refractivity contribution in [3.05, 3.63) is 36.5 Å². The van der Waals surface area contributed by atoms with Crippen LogP contribution in [-0.4, -0.2) is 49.3 Å². The fourth-order valence-electron chi connectivity index (χ4n) is 5.07. The molecular weight excluding hydrogens is 641 g/mol. The van der Waals surface area contributed by atoms with E-state index in [1.165, 1.54) is 70.6 Å². The molecular formula is C39H72NO8P. The van der Waals surface area contributed by atoms with E-state index in [-0.39, 0.29) is 32.6 Å². The summed E-state index contributed by atoms with van der Waals surface area (Å²) in [5, 5.41) is 0. The van der Waals surface area contributed by atoms with Crippen LogP contribution in [0.1, 0.15) is 168 Å². The summed E-state index contributed by atoms with van der Waals surface area (Å²) in [6.07, 6.45) is 37.6. The van der Waals surface area contributed by atoms with Gasteiger partial charge in [-0.25, -0.2) is 4.57 Å². The number of ether oxygens (including phenoxy) is 2. The first-order chi connectivity index (χ1) is 23.8. The minimum atomic E-state index is -4.38. The minimum absolute atomic E-state index is 0.0465. The Morgan fingerprint density at radius 1 is 0.612 bits per heavy atom. The second-order valence-electron chi connectivity index (χ2n) is 12.8. The molecule has 0 rings (SSSR count). The van der Waals surface area contributed by atoms with Gasteiger partial charge in [-0.15, -0.1) is 0 Å². The molecule has 0 saturated carbocycles. The van der Waals surface area contributed by atoms with Gasteiger partial charge in [0.15, 0.2) is 6.10 Å². The van der Waals surface area contributed by atoms with Gasteiger partial charge in [0.1, 0.15) is 6.61 Å². The third-order valence-electron chi connectivity index (χ3n) is 8.00. The molecule has 0 aliphatic rings. The fourth-order valence-corrected chi connectivity index (χ4v) is 5.83. The monoisotopic (exact) mass is 713 g/mol. The minimum Gasteiger partial charge on any atom is -0.462 e. The lowest BCUT2D eigenvalue weighted by Crippen LogP contribution is -2.29. The normalized spacial score (nSPS) is 13.8. The van der Waals surface area contributed by atoms with E-state index in [0.29, 0.717) is 12.8 Å². The maximum Gasteiger partial charge on any atom is 0.472 e. The van der Waals surface area contributed by atoms with Crippen LogP contribution in [-0.2, 0) is 32.7 Å². The summed E-state index contributed by atoms with van der Waals surface area (Å²) in [5.41, 5.74) is 5.32. The summed E-state index contributed by atoms with van der Waals surface area (Å²) < 4.78 is 32.6. The summed E-state index contributed by atoms with van der Waals surface area (Å²) in [6, 6.07) is 0. The highest BCUT2D eigenvalue weighted by atomic mass is 31.2. The smallest absolute Gasteiger partial charge is 0.462 e. The molecule has 0 saturated heterocycles. The molecule has 0 spiro atoms. The first-order valence-electron chi connectivity index (χ1n) is 19.5. The van der Waals surface area contributed by atoms with Crippen molar-refractivity contribution in [2.24, 2.45) is 5.73 Å². The van der Waals surface area contributed by atoms with Gasteiger partial charge >= 0.3 is 19.8 Å². The average molecular weight is 714 g/mol. The average Bonchev–Trinajstić information content (AvgIpc) is 3.08. The van der Waals surface area contributed by atoms with Crippen LogP contribution in [0.25, 0.3) is 0 Å². The van der Waals surface area contributed by atoms with Gasteiger partial charge in [-0.1, -0.05) is 134 Å². The molecule has 9 nitrogen and oxygen atoms in total. The number of esters is 2. The van der Waals surface area contributed by atoms with Gasteiger partial charge in [0, 0.05) is 19.4 Å². The highest BCUT2D eigenvalue weighted by Crippen LogP contribution is 2.43. The Balaban J connectivity index is 4.26. The Morgan fingerprint density at radius 2 is 1.10 bits per heavy atom. The largest absolute Gasteiger partial charge is 0.472 e. The Hall–Kier alpha value is -1.77. The molecule has 2 atom stereocenters. The molecule has 0 radical (unpaired) electrons. The Bertz CT molecular complexity index is 907. The first kappa shape index (κ1) is 47.2. The molecule has 0 heterocycles. The Morgan fingerprint density at radius 3 is 1.69 bits per heavy atom. The maximum atomic E-state index is 12.5. The van der Waals surface area contributed by atoms with E-state index < -0.39 is 32.5 Å². The highest BCUT2D eigenvalue weighted by Gasteiger charge is 2.25. The molecule has 0 aromatic carbocycles. The zero-order valence-corrected chi connectivity index (χ0v) is 32.1. The van der Waals surface area contributed by atoms with Crippen molar-refractivity contribution in [1.29, 1.82) is 0 Å². The van der Waals surface area contributed by atoms with E-state index in [4.69, 9.17) is 24.3 Å². The SMILES string of the molecule is CCCC/C=C/CCCCCCCC(=O)O[C@@H](COC(=O)CCC/C=C/C/C=C/CCCCCCCCCCC)COP(=O)(O)OCCN. The van der Waals surface area contributed by atoms with Crippen molar-refractivity contribution in [2.45, 2.75) is 174 Å². The maximum absolute atomic E-state index is 12.5. The van der Waals surface area contributed by atoms with Crippen molar-refractivity contribution in [2.75, 3.05) is 26.4 Å². The number of unbranched alkanes of at least 4 members (excludes halogenated alkanes) is 17. The lowest BCUT2D eigenvalue weighted by atomic mass is 10.1. The number of hydrogen-bond donors (Lipinski definition) is 2. The van der Waals surface area contributed by atoms with Crippen molar-refractivity contribution in [3.63, 3.8) is 0 Å². The predicted octanol–water partition coefficient (Wildman–Crippen LogP) is 10.6. The molecule has 286 valence electrons. The molecule has 49 heavy (non-hydrogen) atoms.